The number of unbranched alkanes of at least 4 members (excludes halogenated alkanes) is 1. The molecular weight excluding hydrogens is 306 g/mol. The molecule has 6 heteroatoms. The van der Waals surface area contributed by atoms with Crippen LogP contribution in [0, 0.1) is 6.92 Å². The van der Waals surface area contributed by atoms with Crippen LogP contribution in [-0.2, 0) is 0 Å². The average molecular weight is 327 g/mol. The molecule has 3 rings (SSSR count). The van der Waals surface area contributed by atoms with Gasteiger partial charge in [0.1, 0.15) is 11.4 Å². The standard InChI is InChI=1S/C17H21N5S/c1-4-6-7-12-8-16(13-10-19-20-11(13)3)18-9-14(12)17-15(5-2)21-23-22-17/h5,8-10,16,18H,2,4,6-7H2,1,3H3,(H,19,20). The molecule has 23 heavy (non-hydrogen) atoms. The summed E-state index contributed by atoms with van der Waals surface area (Å²) in [6, 6.07) is 0.142. The van der Waals surface area contributed by atoms with Gasteiger partial charge in [0.2, 0.25) is 0 Å². The molecule has 1 aliphatic heterocycles. The second kappa shape index (κ2) is 6.91. The SMILES string of the molecule is C=Cc1nsnc1C1=CNC(c2cn[nH]c2C)C=C1CCCC. The lowest BCUT2D eigenvalue weighted by Gasteiger charge is -2.23. The van der Waals surface area contributed by atoms with Crippen LogP contribution in [-0.4, -0.2) is 18.9 Å². The van der Waals surface area contributed by atoms with Crippen LogP contribution >= 0.6 is 11.7 Å². The van der Waals surface area contributed by atoms with E-state index in [0.29, 0.717) is 0 Å². The van der Waals surface area contributed by atoms with E-state index in [0.717, 1.165) is 41.9 Å². The quantitative estimate of drug-likeness (QED) is 0.841. The number of aromatic amines is 1. The first-order valence-electron chi connectivity index (χ1n) is 7.87. The zero-order chi connectivity index (χ0) is 16.2. The molecule has 0 saturated carbocycles. The minimum atomic E-state index is 0.142. The maximum Gasteiger partial charge on any atom is 0.113 e. The van der Waals surface area contributed by atoms with Crippen molar-refractivity contribution < 1.29 is 0 Å². The van der Waals surface area contributed by atoms with Crippen molar-refractivity contribution in [3.63, 3.8) is 0 Å². The van der Waals surface area contributed by atoms with Gasteiger partial charge < -0.3 is 5.32 Å². The van der Waals surface area contributed by atoms with Crippen molar-refractivity contribution in [3.8, 4) is 0 Å². The van der Waals surface area contributed by atoms with Crippen LogP contribution < -0.4 is 5.32 Å². The molecular formula is C17H21N5S. The van der Waals surface area contributed by atoms with Gasteiger partial charge in [0.15, 0.2) is 0 Å². The van der Waals surface area contributed by atoms with Gasteiger partial charge >= 0.3 is 0 Å². The van der Waals surface area contributed by atoms with E-state index >= 15 is 0 Å². The highest BCUT2D eigenvalue weighted by molar-refractivity contribution is 6.99. The fraction of sp³-hybridized carbons (Fsp3) is 0.353. The summed E-state index contributed by atoms with van der Waals surface area (Å²) >= 11 is 1.23. The van der Waals surface area contributed by atoms with Crippen molar-refractivity contribution in [2.24, 2.45) is 0 Å². The molecule has 0 spiro atoms. The number of hydrogen-bond acceptors (Lipinski definition) is 5. The third kappa shape index (κ3) is 3.12. The van der Waals surface area contributed by atoms with E-state index in [1.807, 2.05) is 13.1 Å². The third-order valence-electron chi connectivity index (χ3n) is 4.09. The molecule has 0 amide bonds. The second-order valence-electron chi connectivity index (χ2n) is 5.65. The Kier molecular flexibility index (Phi) is 4.71. The van der Waals surface area contributed by atoms with Crippen LogP contribution in [0.2, 0.25) is 0 Å². The highest BCUT2D eigenvalue weighted by Crippen LogP contribution is 2.34. The fourth-order valence-electron chi connectivity index (χ4n) is 2.78. The van der Waals surface area contributed by atoms with Gasteiger partial charge in [-0.1, -0.05) is 26.0 Å². The molecule has 0 radical (unpaired) electrons. The molecule has 0 bridgehead atoms. The summed E-state index contributed by atoms with van der Waals surface area (Å²) in [6.45, 7) is 8.09. The monoisotopic (exact) mass is 327 g/mol. The average Bonchev–Trinajstić information content (AvgIpc) is 3.21. The van der Waals surface area contributed by atoms with Gasteiger partial charge in [-0.2, -0.15) is 13.8 Å². The predicted octanol–water partition coefficient (Wildman–Crippen LogP) is 4.01. The van der Waals surface area contributed by atoms with Crippen LogP contribution in [0.4, 0.5) is 0 Å². The topological polar surface area (TPSA) is 66.5 Å². The zero-order valence-corrected chi connectivity index (χ0v) is 14.3. The number of aryl methyl sites for hydroxylation is 1. The van der Waals surface area contributed by atoms with Gasteiger partial charge in [0, 0.05) is 23.0 Å². The molecule has 0 aliphatic carbocycles. The first-order chi connectivity index (χ1) is 11.2. The lowest BCUT2D eigenvalue weighted by atomic mass is 9.91. The van der Waals surface area contributed by atoms with Gasteiger partial charge in [-0.25, -0.2) is 0 Å². The Hall–Kier alpha value is -2.21. The Labute approximate surface area is 140 Å². The Balaban J connectivity index is 1.95. The van der Waals surface area contributed by atoms with Gasteiger partial charge in [-0.05, 0) is 31.4 Å². The summed E-state index contributed by atoms with van der Waals surface area (Å²) in [6.07, 6.45) is 11.4. The first kappa shape index (κ1) is 15.7. The molecule has 2 aromatic rings. The van der Waals surface area contributed by atoms with E-state index in [1.54, 1.807) is 6.08 Å². The molecule has 0 saturated heterocycles. The number of aromatic nitrogens is 4. The van der Waals surface area contributed by atoms with Crippen molar-refractivity contribution in [2.75, 3.05) is 0 Å². The highest BCUT2D eigenvalue weighted by Gasteiger charge is 2.22. The summed E-state index contributed by atoms with van der Waals surface area (Å²) in [5, 5.41) is 10.6. The van der Waals surface area contributed by atoms with Crippen LogP contribution in [0.5, 0.6) is 0 Å². The maximum atomic E-state index is 4.47. The first-order valence-corrected chi connectivity index (χ1v) is 8.60. The third-order valence-corrected chi connectivity index (χ3v) is 4.63. The Morgan fingerprint density at radius 1 is 1.39 bits per heavy atom. The van der Waals surface area contributed by atoms with E-state index in [1.165, 1.54) is 22.9 Å². The summed E-state index contributed by atoms with van der Waals surface area (Å²) < 4.78 is 8.78. The molecule has 5 nitrogen and oxygen atoms in total. The van der Waals surface area contributed by atoms with Gasteiger partial charge in [0.25, 0.3) is 0 Å². The lowest BCUT2D eigenvalue weighted by Crippen LogP contribution is -2.19. The molecule has 1 aliphatic rings. The van der Waals surface area contributed by atoms with E-state index in [2.05, 4.69) is 50.0 Å². The predicted molar refractivity (Wildman–Crippen MR) is 94.8 cm³/mol. The smallest absolute Gasteiger partial charge is 0.113 e. The normalized spacial score (nSPS) is 17.4. The Bertz CT molecular complexity index is 753. The van der Waals surface area contributed by atoms with Crippen molar-refractivity contribution >= 4 is 23.4 Å². The summed E-state index contributed by atoms with van der Waals surface area (Å²) in [7, 11) is 0. The number of allylic oxidation sites excluding steroid dienone is 2. The van der Waals surface area contributed by atoms with Crippen molar-refractivity contribution in [2.45, 2.75) is 39.2 Å². The molecule has 1 atom stereocenters. The number of rotatable bonds is 6. The molecule has 120 valence electrons. The van der Waals surface area contributed by atoms with E-state index in [4.69, 9.17) is 0 Å². The molecule has 0 aromatic carbocycles. The minimum absolute atomic E-state index is 0.142. The van der Waals surface area contributed by atoms with Crippen LogP contribution in [0.15, 0.2) is 30.6 Å². The van der Waals surface area contributed by atoms with Crippen molar-refractivity contribution in [3.05, 3.63) is 53.3 Å². The van der Waals surface area contributed by atoms with E-state index < -0.39 is 0 Å². The van der Waals surface area contributed by atoms with Crippen LogP contribution in [0.25, 0.3) is 11.6 Å². The van der Waals surface area contributed by atoms with E-state index in [9.17, 15) is 0 Å². The number of nitrogens with zero attached hydrogens (tertiary/aromatic N) is 3. The summed E-state index contributed by atoms with van der Waals surface area (Å²) in [5.41, 5.74) is 6.47. The zero-order valence-electron chi connectivity index (χ0n) is 13.5. The minimum Gasteiger partial charge on any atom is -0.380 e. The molecule has 3 heterocycles. The van der Waals surface area contributed by atoms with Crippen LogP contribution in [0.1, 0.15) is 54.9 Å². The number of dihydropyridines is 1. The molecule has 0 fully saturated rings. The molecule has 1 unspecified atom stereocenters. The Morgan fingerprint density at radius 2 is 2.26 bits per heavy atom. The number of H-pyrrole nitrogens is 1. The highest BCUT2D eigenvalue weighted by atomic mass is 32.1. The van der Waals surface area contributed by atoms with Gasteiger partial charge in [-0.15, -0.1) is 0 Å². The summed E-state index contributed by atoms with van der Waals surface area (Å²) in [5.74, 6) is 0. The van der Waals surface area contributed by atoms with Crippen molar-refractivity contribution in [1.82, 2.24) is 24.3 Å². The van der Waals surface area contributed by atoms with Crippen LogP contribution in [0.3, 0.4) is 0 Å². The summed E-state index contributed by atoms with van der Waals surface area (Å²) in [4.78, 5) is 0. The maximum absolute atomic E-state index is 4.47. The van der Waals surface area contributed by atoms with E-state index in [-0.39, 0.29) is 6.04 Å². The van der Waals surface area contributed by atoms with Crippen molar-refractivity contribution in [1.29, 1.82) is 0 Å². The largest absolute Gasteiger partial charge is 0.380 e. The van der Waals surface area contributed by atoms with Gasteiger partial charge in [0.05, 0.1) is 24.0 Å². The second-order valence-corrected chi connectivity index (χ2v) is 6.18. The number of nitrogens with one attached hydrogen (secondary N) is 2. The molecule has 2 N–H and O–H groups in total. The fourth-order valence-corrected chi connectivity index (χ4v) is 3.34. The number of hydrogen-bond donors (Lipinski definition) is 2. The lowest BCUT2D eigenvalue weighted by molar-refractivity contribution is 0.717. The molecule has 2 aromatic heterocycles. The van der Waals surface area contributed by atoms with Gasteiger partial charge in [-0.3, -0.25) is 5.10 Å². The Morgan fingerprint density at radius 3 is 2.96 bits per heavy atom.